The molecule has 5 rings (SSSR count). The highest BCUT2D eigenvalue weighted by Gasteiger charge is 2.48. The largest absolute Gasteiger partial charge is 0.129 e. The number of hydrogen-bond acceptors (Lipinski definition) is 0. The molecule has 0 heterocycles. The first-order chi connectivity index (χ1) is 16.8. The molecule has 0 N–H and O–H groups in total. The van der Waals surface area contributed by atoms with Crippen molar-refractivity contribution >= 4 is 19.3 Å². The molecule has 0 saturated heterocycles. The van der Waals surface area contributed by atoms with E-state index in [1.54, 1.807) is 21.5 Å². The van der Waals surface area contributed by atoms with Crippen molar-refractivity contribution in [2.75, 3.05) is 0 Å². The van der Waals surface area contributed by atoms with Gasteiger partial charge in [0.2, 0.25) is 0 Å². The van der Waals surface area contributed by atoms with E-state index in [1.165, 1.54) is 56.6 Å². The van der Waals surface area contributed by atoms with Crippen LogP contribution in [0.1, 0.15) is 68.5 Å². The third-order valence-corrected chi connectivity index (χ3v) is 13.6. The highest BCUT2D eigenvalue weighted by atomic mass is 28.3. The van der Waals surface area contributed by atoms with Gasteiger partial charge >= 0.3 is 0 Å². The van der Waals surface area contributed by atoms with Crippen molar-refractivity contribution in [3.05, 3.63) is 119 Å². The molecule has 0 aliphatic heterocycles. The van der Waals surface area contributed by atoms with Gasteiger partial charge in [0.05, 0.1) is 0 Å². The lowest BCUT2D eigenvalue weighted by Gasteiger charge is -2.40. The average molecular weight is 463 g/mol. The van der Waals surface area contributed by atoms with Crippen molar-refractivity contribution in [2.45, 2.75) is 63.5 Å². The molecule has 0 aromatic heterocycles. The summed E-state index contributed by atoms with van der Waals surface area (Å²) < 4.78 is 0. The molecule has 2 aromatic carbocycles. The van der Waals surface area contributed by atoms with Crippen LogP contribution in [-0.2, 0) is 0 Å². The van der Waals surface area contributed by atoms with Crippen molar-refractivity contribution in [3.63, 3.8) is 0 Å². The Morgan fingerprint density at radius 1 is 0.676 bits per heavy atom. The van der Waals surface area contributed by atoms with Crippen molar-refractivity contribution in [3.8, 4) is 0 Å². The van der Waals surface area contributed by atoms with E-state index in [0.29, 0.717) is 11.5 Å². The van der Waals surface area contributed by atoms with Gasteiger partial charge in [-0.15, -0.1) is 0 Å². The molecule has 0 bridgehead atoms. The summed E-state index contributed by atoms with van der Waals surface area (Å²) in [6, 6.07) is 22.1. The highest BCUT2D eigenvalue weighted by molar-refractivity contribution is 6.99. The molecule has 0 nitrogen and oxygen atoms in total. The maximum atomic E-state index is 2.56. The van der Waals surface area contributed by atoms with E-state index in [4.69, 9.17) is 0 Å². The topological polar surface area (TPSA) is 0 Å². The minimum Gasteiger partial charge on any atom is -0.0784 e. The molecular formula is C33H38Si. The first-order valence-electron chi connectivity index (χ1n) is 13.4. The van der Waals surface area contributed by atoms with Gasteiger partial charge in [-0.3, -0.25) is 0 Å². The lowest BCUT2D eigenvalue weighted by Crippen LogP contribution is -2.54. The number of allylic oxidation sites excluding steroid dienone is 9. The monoisotopic (exact) mass is 462 g/mol. The molecule has 0 amide bonds. The van der Waals surface area contributed by atoms with E-state index in [2.05, 4.69) is 110 Å². The zero-order chi connectivity index (χ0) is 23.2. The summed E-state index contributed by atoms with van der Waals surface area (Å²) in [7, 11) is -2.12. The van der Waals surface area contributed by atoms with Crippen molar-refractivity contribution < 1.29 is 0 Å². The van der Waals surface area contributed by atoms with Crippen molar-refractivity contribution in [1.29, 1.82) is 0 Å². The fourth-order valence-corrected chi connectivity index (χ4v) is 12.3. The van der Waals surface area contributed by atoms with E-state index < -0.39 is 8.07 Å². The Kier molecular flexibility index (Phi) is 7.30. The lowest BCUT2D eigenvalue weighted by molar-refractivity contribution is 0.600. The maximum absolute atomic E-state index is 2.56. The van der Waals surface area contributed by atoms with Crippen LogP contribution in [0, 0.1) is 5.92 Å². The molecule has 3 aliphatic rings. The van der Waals surface area contributed by atoms with Gasteiger partial charge in [-0.25, -0.2) is 0 Å². The summed E-state index contributed by atoms with van der Waals surface area (Å²) in [5.74, 6) is 0.449. The van der Waals surface area contributed by atoms with Crippen molar-refractivity contribution in [1.82, 2.24) is 0 Å². The number of fused-ring (bicyclic) bond motifs is 2. The molecule has 1 heteroatoms. The summed E-state index contributed by atoms with van der Waals surface area (Å²) in [5, 5.41) is 3.27. The zero-order valence-corrected chi connectivity index (χ0v) is 21.6. The van der Waals surface area contributed by atoms with Gasteiger partial charge in [-0.05, 0) is 27.9 Å². The smallest absolute Gasteiger partial charge is 0.0784 e. The molecule has 0 saturated carbocycles. The van der Waals surface area contributed by atoms with Gasteiger partial charge in [-0.1, -0.05) is 160 Å². The Morgan fingerprint density at radius 3 is 2.29 bits per heavy atom. The standard InChI is InChI=1S/C33H38Si/c1-2-3-4-5-6-7-15-26-34(29-18-9-8-10-19-29,32-24-22-27-16-11-13-20-30(27)32)33-25-23-28-17-12-14-21-31(28)33/h8-14,16-25,27,33H,2-7,15,26H2,1H3. The second-order valence-electron chi connectivity index (χ2n) is 10.2. The maximum Gasteiger partial charge on any atom is 0.129 e. The molecule has 34 heavy (non-hydrogen) atoms. The zero-order valence-electron chi connectivity index (χ0n) is 20.6. The van der Waals surface area contributed by atoms with E-state index in [1.807, 2.05) is 0 Å². The molecule has 0 fully saturated rings. The van der Waals surface area contributed by atoms with Gasteiger partial charge in [0.1, 0.15) is 8.07 Å². The van der Waals surface area contributed by atoms with Crippen LogP contribution in [0.2, 0.25) is 6.04 Å². The first kappa shape index (κ1) is 23.1. The Balaban J connectivity index is 1.57. The SMILES string of the molecule is CCCCCCCCC[Si](C1=C2C=CC=CC2C=C1)(c1ccccc1)C1C=Cc2ccccc21. The van der Waals surface area contributed by atoms with Crippen LogP contribution in [0.4, 0.5) is 0 Å². The highest BCUT2D eigenvalue weighted by Crippen LogP contribution is 2.47. The van der Waals surface area contributed by atoms with Crippen LogP contribution < -0.4 is 5.19 Å². The fraction of sp³-hybridized carbons (Fsp3) is 0.333. The summed E-state index contributed by atoms with van der Waals surface area (Å²) in [5.41, 5.74) is 5.01. The van der Waals surface area contributed by atoms with Crippen LogP contribution in [0.5, 0.6) is 0 Å². The van der Waals surface area contributed by atoms with E-state index in [-0.39, 0.29) is 0 Å². The van der Waals surface area contributed by atoms with Crippen molar-refractivity contribution in [2.24, 2.45) is 5.92 Å². The second kappa shape index (κ2) is 10.7. The first-order valence-corrected chi connectivity index (χ1v) is 15.7. The Hall–Kier alpha value is -2.64. The van der Waals surface area contributed by atoms with Crippen LogP contribution in [-0.4, -0.2) is 8.07 Å². The molecule has 174 valence electrons. The lowest BCUT2D eigenvalue weighted by atomic mass is 9.98. The number of benzene rings is 2. The number of rotatable bonds is 11. The van der Waals surface area contributed by atoms with Crippen LogP contribution >= 0.6 is 0 Å². The molecule has 3 aliphatic carbocycles. The van der Waals surface area contributed by atoms with E-state index in [9.17, 15) is 0 Å². The second-order valence-corrected chi connectivity index (χ2v) is 14.4. The Bertz CT molecular complexity index is 1130. The third-order valence-electron chi connectivity index (χ3n) is 8.12. The van der Waals surface area contributed by atoms with Crippen LogP contribution in [0.25, 0.3) is 6.08 Å². The summed E-state index contributed by atoms with van der Waals surface area (Å²) in [6.45, 7) is 2.30. The number of hydrogen-bond donors (Lipinski definition) is 0. The predicted octanol–water partition coefficient (Wildman–Crippen LogP) is 8.59. The fourth-order valence-electron chi connectivity index (χ4n) is 6.41. The molecule has 0 radical (unpaired) electrons. The summed E-state index contributed by atoms with van der Waals surface area (Å²) >= 11 is 0. The molecule has 2 aromatic rings. The molecule has 3 unspecified atom stereocenters. The average Bonchev–Trinajstić information content (AvgIpc) is 3.52. The van der Waals surface area contributed by atoms with Gasteiger partial charge in [0, 0.05) is 11.5 Å². The minimum absolute atomic E-state index is 0.449. The molecule has 3 atom stereocenters. The quantitative estimate of drug-likeness (QED) is 0.232. The van der Waals surface area contributed by atoms with Gasteiger partial charge in [0.15, 0.2) is 0 Å². The van der Waals surface area contributed by atoms with Crippen LogP contribution in [0.15, 0.2) is 108 Å². The normalized spacial score (nSPS) is 21.7. The van der Waals surface area contributed by atoms with Gasteiger partial charge < -0.3 is 0 Å². The summed E-state index contributed by atoms with van der Waals surface area (Å²) in [6.07, 6.45) is 28.7. The van der Waals surface area contributed by atoms with E-state index in [0.717, 1.165) is 0 Å². The van der Waals surface area contributed by atoms with Gasteiger partial charge in [-0.2, -0.15) is 0 Å². The third kappa shape index (κ3) is 4.39. The molecular weight excluding hydrogens is 424 g/mol. The Labute approximate surface area is 207 Å². The van der Waals surface area contributed by atoms with Crippen LogP contribution in [0.3, 0.4) is 0 Å². The predicted molar refractivity (Wildman–Crippen MR) is 151 cm³/mol. The minimum atomic E-state index is -2.12. The van der Waals surface area contributed by atoms with Gasteiger partial charge in [0.25, 0.3) is 0 Å². The molecule has 0 spiro atoms. The van der Waals surface area contributed by atoms with E-state index >= 15 is 0 Å². The Morgan fingerprint density at radius 2 is 1.44 bits per heavy atom. The summed E-state index contributed by atoms with van der Waals surface area (Å²) in [4.78, 5) is 0. The number of unbranched alkanes of at least 4 members (excludes halogenated alkanes) is 6.